The van der Waals surface area contributed by atoms with Gasteiger partial charge in [-0.3, -0.25) is 0 Å². The molecule has 0 aliphatic carbocycles. The summed E-state index contributed by atoms with van der Waals surface area (Å²) in [5.41, 5.74) is 2.81. The predicted molar refractivity (Wildman–Crippen MR) is 142 cm³/mol. The van der Waals surface area contributed by atoms with Crippen LogP contribution in [-0.2, 0) is 18.2 Å². The minimum absolute atomic E-state index is 0.479. The molecule has 32 heavy (non-hydrogen) atoms. The van der Waals surface area contributed by atoms with E-state index in [0.717, 1.165) is 0 Å². The molecule has 1 heterocycles. The first-order chi connectivity index (χ1) is 15.3. The van der Waals surface area contributed by atoms with Crippen molar-refractivity contribution in [2.24, 2.45) is 0 Å². The van der Waals surface area contributed by atoms with Crippen LogP contribution >= 0.6 is 9.53 Å². The van der Waals surface area contributed by atoms with Crippen LogP contribution < -0.4 is 7.02 Å². The van der Waals surface area contributed by atoms with Crippen molar-refractivity contribution in [1.82, 2.24) is 4.90 Å². The molecule has 0 N–H and O–H groups in total. The second-order valence-electron chi connectivity index (χ2n) is 8.99. The maximum absolute atomic E-state index is 4.49. The summed E-state index contributed by atoms with van der Waals surface area (Å²) >= 11 is 0.546. The van der Waals surface area contributed by atoms with Crippen molar-refractivity contribution in [2.75, 3.05) is 14.1 Å². The second-order valence-corrected chi connectivity index (χ2v) is 21.4. The number of fused-ring (bicyclic) bond motifs is 1. The SMILES string of the molecule is C[C@@H](c1c[c-]ccc1)N(C)C.C[Si](C)(C)[C]1=Cc2cccc[c]2[Sb]1[c]1ccccc1.[Cl][Pd+]. The average Bonchev–Trinajstić information content (AvgIpc) is 3.22. The van der Waals surface area contributed by atoms with E-state index in [4.69, 9.17) is 0 Å². The van der Waals surface area contributed by atoms with Gasteiger partial charge >= 0.3 is 152 Å². The van der Waals surface area contributed by atoms with Crippen LogP contribution in [-0.4, -0.2) is 47.3 Å². The van der Waals surface area contributed by atoms with Crippen LogP contribution in [0, 0.1) is 6.07 Å². The van der Waals surface area contributed by atoms with Crippen molar-refractivity contribution < 1.29 is 18.2 Å². The number of halogens is 1. The van der Waals surface area contributed by atoms with Crippen molar-refractivity contribution in [1.29, 1.82) is 0 Å². The molecule has 0 saturated heterocycles. The van der Waals surface area contributed by atoms with E-state index in [-0.39, 0.29) is 0 Å². The van der Waals surface area contributed by atoms with Gasteiger partial charge in [-0.25, -0.2) is 0 Å². The van der Waals surface area contributed by atoms with Gasteiger partial charge in [0, 0.05) is 0 Å². The molecule has 172 valence electrons. The molecule has 0 unspecified atom stereocenters. The van der Waals surface area contributed by atoms with Gasteiger partial charge in [0.15, 0.2) is 0 Å². The number of hydrogen-bond acceptors (Lipinski definition) is 1. The Hall–Kier alpha value is -0.653. The van der Waals surface area contributed by atoms with Crippen LogP contribution in [0.15, 0.2) is 82.0 Å². The van der Waals surface area contributed by atoms with Crippen molar-refractivity contribution in [3.05, 3.63) is 99.2 Å². The van der Waals surface area contributed by atoms with Crippen molar-refractivity contribution in [3.63, 3.8) is 0 Å². The molecule has 0 bridgehead atoms. The van der Waals surface area contributed by atoms with E-state index in [9.17, 15) is 0 Å². The van der Waals surface area contributed by atoms with Crippen molar-refractivity contribution in [3.8, 4) is 0 Å². The van der Waals surface area contributed by atoms with Gasteiger partial charge in [0.25, 0.3) is 0 Å². The molecule has 5 heteroatoms. The molecule has 0 saturated carbocycles. The fraction of sp³-hybridized carbons (Fsp3) is 0.259. The summed E-state index contributed by atoms with van der Waals surface area (Å²) in [6.45, 7) is 9.66. The molecule has 4 rings (SSSR count). The number of nitrogens with zero attached hydrogens (tertiary/aromatic N) is 1. The Morgan fingerprint density at radius 3 is 2.09 bits per heavy atom. The van der Waals surface area contributed by atoms with Gasteiger partial charge in [-0.1, -0.05) is 6.92 Å². The van der Waals surface area contributed by atoms with Crippen molar-refractivity contribution >= 4 is 50.9 Å². The molecule has 1 aliphatic rings. The third-order valence-corrected chi connectivity index (χ3v) is 21.0. The third kappa shape index (κ3) is 7.43. The third-order valence-electron chi connectivity index (χ3n) is 5.48. The van der Waals surface area contributed by atoms with Gasteiger partial charge in [0.1, 0.15) is 0 Å². The Labute approximate surface area is 218 Å². The molecule has 0 spiro atoms. The van der Waals surface area contributed by atoms with E-state index in [0.29, 0.717) is 6.04 Å². The molecule has 0 radical (unpaired) electrons. The fourth-order valence-electron chi connectivity index (χ4n) is 3.53. The average molecular weight is 663 g/mol. The molecular weight excluding hydrogens is 630 g/mol. The molecule has 1 nitrogen and oxygen atoms in total. The maximum atomic E-state index is 4.49. The van der Waals surface area contributed by atoms with Crippen LogP contribution in [0.3, 0.4) is 0 Å². The van der Waals surface area contributed by atoms with E-state index >= 15 is 0 Å². The van der Waals surface area contributed by atoms with Gasteiger partial charge in [-0.2, -0.15) is 30.3 Å². The number of rotatable bonds is 4. The predicted octanol–water partition coefficient (Wildman–Crippen LogP) is 5.91. The molecule has 1 atom stereocenters. The first-order valence-electron chi connectivity index (χ1n) is 10.7. The van der Waals surface area contributed by atoms with Crippen LogP contribution in [0.1, 0.15) is 24.1 Å². The summed E-state index contributed by atoms with van der Waals surface area (Å²) in [5.74, 6) is 0. The van der Waals surface area contributed by atoms with Crippen LogP contribution in [0.4, 0.5) is 0 Å². The van der Waals surface area contributed by atoms with Gasteiger partial charge in [-0.15, -0.1) is 5.56 Å². The standard InChI is InChI=1S/C11H14Si.C10H14N.C6H5.ClH.Pd.Sb/c1-12(2,3)10-9-11-7-5-4-6-8-11;1-9(11(2)3)10-7-5-4-6-8-10;1-2-4-6-5-3-1;;;/h4-7,9H,1-3H3;4-5,7-9H,1-3H3;1-5H;1H;;/q;-1;;;+2;/p-1/t;9-;;;;/m.0..../s1. The summed E-state index contributed by atoms with van der Waals surface area (Å²) in [6, 6.07) is 31.9. The Morgan fingerprint density at radius 1 is 0.906 bits per heavy atom. The molecule has 1 aliphatic heterocycles. The van der Waals surface area contributed by atoms with E-state index in [1.807, 2.05) is 21.3 Å². The summed E-state index contributed by atoms with van der Waals surface area (Å²) in [5, 5.41) is 0. The molecule has 0 fully saturated rings. The fourth-order valence-corrected chi connectivity index (χ4v) is 18.4. The number of hydrogen-bond donors (Lipinski definition) is 0. The van der Waals surface area contributed by atoms with Crippen molar-refractivity contribution in [2.45, 2.75) is 32.6 Å². The molecule has 0 aromatic heterocycles. The van der Waals surface area contributed by atoms with Gasteiger partial charge in [0.05, 0.1) is 0 Å². The minimum atomic E-state index is -1.68. The Bertz CT molecular complexity index is 987. The normalized spacial score (nSPS) is 13.9. The monoisotopic (exact) mass is 661 g/mol. The molecule has 0 amide bonds. The summed E-state index contributed by atoms with van der Waals surface area (Å²) in [7, 11) is 7.43. The van der Waals surface area contributed by atoms with Crippen LogP contribution in [0.5, 0.6) is 0 Å². The first-order valence-corrected chi connectivity index (χ1v) is 20.0. The molecular formula is C27H33ClNPdSbSi. The number of benzene rings is 3. The van der Waals surface area contributed by atoms with Gasteiger partial charge in [-0.05, 0) is 20.1 Å². The Morgan fingerprint density at radius 2 is 1.53 bits per heavy atom. The van der Waals surface area contributed by atoms with Crippen LogP contribution in [0.2, 0.25) is 19.6 Å². The summed E-state index contributed by atoms with van der Waals surface area (Å²) < 4.78 is 5.11. The van der Waals surface area contributed by atoms with Crippen LogP contribution in [0.25, 0.3) is 6.08 Å². The topological polar surface area (TPSA) is 3.24 Å². The first kappa shape index (κ1) is 27.6. The summed E-state index contributed by atoms with van der Waals surface area (Å²) in [4.78, 5) is 2.18. The Balaban J connectivity index is 0.000000239. The molecule has 3 aromatic carbocycles. The van der Waals surface area contributed by atoms with E-state index in [1.165, 1.54) is 11.1 Å². The Kier molecular flexibility index (Phi) is 11.5. The van der Waals surface area contributed by atoms with E-state index in [2.05, 4.69) is 146 Å². The van der Waals surface area contributed by atoms with E-state index < -0.39 is 28.3 Å². The quantitative estimate of drug-likeness (QED) is 0.248. The van der Waals surface area contributed by atoms with Gasteiger partial charge < -0.3 is 4.90 Å². The van der Waals surface area contributed by atoms with Gasteiger partial charge in [0.2, 0.25) is 0 Å². The zero-order valence-electron chi connectivity index (χ0n) is 19.7. The zero-order valence-corrected chi connectivity index (χ0v) is 25.6. The molecule has 3 aromatic rings. The summed E-state index contributed by atoms with van der Waals surface area (Å²) in [6.07, 6.45) is 2.53. The zero-order chi connectivity index (χ0) is 23.7. The second kappa shape index (κ2) is 13.3. The van der Waals surface area contributed by atoms with E-state index in [1.54, 1.807) is 7.02 Å².